The van der Waals surface area contributed by atoms with Crippen molar-refractivity contribution in [3.8, 4) is 5.75 Å². The lowest BCUT2D eigenvalue weighted by atomic mass is 9.96. The lowest BCUT2D eigenvalue weighted by Crippen LogP contribution is -2.32. The van der Waals surface area contributed by atoms with Crippen LogP contribution in [0.2, 0.25) is 5.02 Å². The minimum atomic E-state index is -3.29. The summed E-state index contributed by atoms with van der Waals surface area (Å²) in [5.74, 6) is 0.203. The van der Waals surface area contributed by atoms with Gasteiger partial charge in [-0.1, -0.05) is 22.9 Å². The highest BCUT2D eigenvalue weighted by Crippen LogP contribution is 2.32. The summed E-state index contributed by atoms with van der Waals surface area (Å²) in [5.41, 5.74) is 1.54. The van der Waals surface area contributed by atoms with E-state index in [9.17, 15) is 13.2 Å². The van der Waals surface area contributed by atoms with Crippen LogP contribution < -0.4 is 10.1 Å². The lowest BCUT2D eigenvalue weighted by Gasteiger charge is -2.24. The Bertz CT molecular complexity index is 1160. The number of halogens is 1. The second-order valence-electron chi connectivity index (χ2n) is 6.37. The first kappa shape index (κ1) is 18.2. The van der Waals surface area contributed by atoms with Crippen LogP contribution in [-0.4, -0.2) is 32.2 Å². The van der Waals surface area contributed by atoms with Gasteiger partial charge in [-0.3, -0.25) is 4.79 Å². The van der Waals surface area contributed by atoms with E-state index in [0.29, 0.717) is 26.8 Å². The molecule has 0 unspecified atom stereocenters. The minimum absolute atomic E-state index is 0.192. The summed E-state index contributed by atoms with van der Waals surface area (Å²) in [6.45, 7) is 0.281. The van der Waals surface area contributed by atoms with Gasteiger partial charge in [0, 0.05) is 11.3 Å². The maximum atomic E-state index is 12.6. The number of carbonyl (C=O) groups is 1. The van der Waals surface area contributed by atoms with Gasteiger partial charge in [0.25, 0.3) is 0 Å². The molecule has 6 nitrogen and oxygen atoms in total. The number of benzene rings is 2. The molecule has 0 bridgehead atoms. The summed E-state index contributed by atoms with van der Waals surface area (Å²) in [6.07, 6.45) is 1.69. The maximum Gasteiger partial charge on any atom is 0.233 e. The summed E-state index contributed by atoms with van der Waals surface area (Å²) in [5, 5.41) is 3.84. The van der Waals surface area contributed by atoms with E-state index in [-0.39, 0.29) is 23.3 Å². The number of nitrogens with one attached hydrogen (secondary N) is 1. The Morgan fingerprint density at radius 1 is 1.30 bits per heavy atom. The summed E-state index contributed by atoms with van der Waals surface area (Å²) in [4.78, 5) is 17.2. The van der Waals surface area contributed by atoms with Crippen molar-refractivity contribution in [1.82, 2.24) is 4.98 Å². The molecule has 27 heavy (non-hydrogen) atoms. The quantitative estimate of drug-likeness (QED) is 0.697. The number of fused-ring (bicyclic) bond motifs is 2. The Balaban J connectivity index is 1.53. The normalized spacial score (nSPS) is 16.6. The molecule has 2 heterocycles. The fourth-order valence-corrected chi connectivity index (χ4v) is 4.75. The first-order valence-electron chi connectivity index (χ1n) is 8.12. The molecule has 0 spiro atoms. The van der Waals surface area contributed by atoms with E-state index >= 15 is 0 Å². The molecule has 9 heteroatoms. The van der Waals surface area contributed by atoms with Crippen LogP contribution in [0.1, 0.15) is 5.56 Å². The van der Waals surface area contributed by atoms with Gasteiger partial charge in [0.05, 0.1) is 21.0 Å². The Morgan fingerprint density at radius 3 is 2.89 bits per heavy atom. The van der Waals surface area contributed by atoms with Crippen LogP contribution in [0.3, 0.4) is 0 Å². The maximum absolute atomic E-state index is 12.6. The predicted octanol–water partition coefficient (Wildman–Crippen LogP) is 3.54. The summed E-state index contributed by atoms with van der Waals surface area (Å²) in [6, 6.07) is 10.1. The number of amides is 1. The van der Waals surface area contributed by atoms with Crippen molar-refractivity contribution in [3.63, 3.8) is 0 Å². The van der Waals surface area contributed by atoms with Crippen LogP contribution >= 0.6 is 22.9 Å². The third-order valence-electron chi connectivity index (χ3n) is 4.32. The Labute approximate surface area is 165 Å². The number of thiazole rings is 1. The molecule has 0 aliphatic carbocycles. The first-order chi connectivity index (χ1) is 12.8. The number of ether oxygens (including phenoxy) is 1. The van der Waals surface area contributed by atoms with Crippen molar-refractivity contribution in [2.24, 2.45) is 5.92 Å². The second-order valence-corrected chi connectivity index (χ2v) is 9.86. The van der Waals surface area contributed by atoms with Gasteiger partial charge in [-0.2, -0.15) is 0 Å². The van der Waals surface area contributed by atoms with Gasteiger partial charge in [-0.15, -0.1) is 0 Å². The molecule has 3 aromatic rings. The zero-order valence-corrected chi connectivity index (χ0v) is 16.6. The fourth-order valence-electron chi connectivity index (χ4n) is 2.93. The highest BCUT2D eigenvalue weighted by atomic mass is 35.5. The molecule has 1 atom stereocenters. The molecule has 1 N–H and O–H groups in total. The van der Waals surface area contributed by atoms with Crippen molar-refractivity contribution >= 4 is 54.0 Å². The van der Waals surface area contributed by atoms with Gasteiger partial charge in [0.2, 0.25) is 5.91 Å². The average Bonchev–Trinajstić information content (AvgIpc) is 3.01. The molecule has 1 aromatic heterocycles. The van der Waals surface area contributed by atoms with E-state index in [4.69, 9.17) is 16.3 Å². The van der Waals surface area contributed by atoms with Gasteiger partial charge in [-0.25, -0.2) is 13.4 Å². The van der Waals surface area contributed by atoms with Crippen molar-refractivity contribution in [1.29, 1.82) is 0 Å². The van der Waals surface area contributed by atoms with Crippen molar-refractivity contribution in [2.75, 3.05) is 18.2 Å². The second kappa shape index (κ2) is 6.78. The molecule has 2 aromatic carbocycles. The van der Waals surface area contributed by atoms with Crippen LogP contribution in [-0.2, 0) is 21.1 Å². The topological polar surface area (TPSA) is 85.4 Å². The summed E-state index contributed by atoms with van der Waals surface area (Å²) < 4.78 is 29.7. The van der Waals surface area contributed by atoms with Crippen molar-refractivity contribution in [3.05, 3.63) is 47.0 Å². The Morgan fingerprint density at radius 2 is 2.11 bits per heavy atom. The average molecular weight is 423 g/mol. The highest BCUT2D eigenvalue weighted by Gasteiger charge is 2.27. The third-order valence-corrected chi connectivity index (χ3v) is 6.60. The minimum Gasteiger partial charge on any atom is -0.492 e. The molecule has 1 aliphatic heterocycles. The fraction of sp³-hybridized carbons (Fsp3) is 0.222. The zero-order chi connectivity index (χ0) is 19.2. The van der Waals surface area contributed by atoms with Gasteiger partial charge in [-0.05, 0) is 48.4 Å². The van der Waals surface area contributed by atoms with Gasteiger partial charge >= 0.3 is 0 Å². The van der Waals surface area contributed by atoms with Crippen LogP contribution in [0, 0.1) is 5.92 Å². The molecule has 4 rings (SSSR count). The van der Waals surface area contributed by atoms with E-state index in [0.717, 1.165) is 17.6 Å². The van der Waals surface area contributed by atoms with Crippen LogP contribution in [0.25, 0.3) is 10.2 Å². The van der Waals surface area contributed by atoms with Crippen molar-refractivity contribution < 1.29 is 17.9 Å². The van der Waals surface area contributed by atoms with Gasteiger partial charge < -0.3 is 10.1 Å². The number of aromatic nitrogens is 1. The smallest absolute Gasteiger partial charge is 0.233 e. The SMILES string of the molecule is CS(=O)(=O)c1ccc2nc(NC(=O)[C@H]3COc4ccc(Cl)cc4C3)sc2c1. The molecule has 1 amide bonds. The van der Waals surface area contributed by atoms with Crippen LogP contribution in [0.4, 0.5) is 5.13 Å². The van der Waals surface area contributed by atoms with E-state index in [2.05, 4.69) is 10.3 Å². The number of carbonyl (C=O) groups excluding carboxylic acids is 1. The number of hydrogen-bond donors (Lipinski definition) is 1. The Hall–Kier alpha value is -2.16. The molecular formula is C18H15ClN2O4S2. The molecule has 0 radical (unpaired) electrons. The molecule has 140 valence electrons. The Kier molecular flexibility index (Phi) is 4.57. The largest absolute Gasteiger partial charge is 0.492 e. The molecule has 0 fully saturated rings. The van der Waals surface area contributed by atoms with Crippen molar-refractivity contribution in [2.45, 2.75) is 11.3 Å². The molecule has 0 saturated carbocycles. The number of anilines is 1. The van der Waals surface area contributed by atoms with Crippen LogP contribution in [0.15, 0.2) is 41.3 Å². The monoisotopic (exact) mass is 422 g/mol. The highest BCUT2D eigenvalue weighted by molar-refractivity contribution is 7.90. The van der Waals surface area contributed by atoms with Crippen LogP contribution in [0.5, 0.6) is 5.75 Å². The predicted molar refractivity (Wildman–Crippen MR) is 106 cm³/mol. The standard InChI is InChI=1S/C18H15ClN2O4S2/c1-27(23,24)13-3-4-14-16(8-13)26-18(20-14)21-17(22)11-6-10-7-12(19)2-5-15(10)25-9-11/h2-5,7-8,11H,6,9H2,1H3,(H,20,21,22)/t11-/m1/s1. The summed E-state index contributed by atoms with van der Waals surface area (Å²) >= 11 is 7.25. The van der Waals surface area contributed by atoms with E-state index in [1.165, 1.54) is 17.4 Å². The van der Waals surface area contributed by atoms with Gasteiger partial charge in [0.15, 0.2) is 15.0 Å². The zero-order valence-electron chi connectivity index (χ0n) is 14.2. The van der Waals surface area contributed by atoms with E-state index in [1.807, 2.05) is 0 Å². The molecule has 1 aliphatic rings. The number of sulfone groups is 1. The molecule has 0 saturated heterocycles. The summed E-state index contributed by atoms with van der Waals surface area (Å²) in [7, 11) is -3.29. The first-order valence-corrected chi connectivity index (χ1v) is 11.2. The van der Waals surface area contributed by atoms with E-state index < -0.39 is 9.84 Å². The molecular weight excluding hydrogens is 408 g/mol. The number of hydrogen-bond acceptors (Lipinski definition) is 6. The number of rotatable bonds is 3. The lowest BCUT2D eigenvalue weighted by molar-refractivity contribution is -0.121. The van der Waals surface area contributed by atoms with E-state index in [1.54, 1.807) is 30.3 Å². The number of nitrogens with zero attached hydrogens (tertiary/aromatic N) is 1. The van der Waals surface area contributed by atoms with Gasteiger partial charge in [0.1, 0.15) is 12.4 Å². The third kappa shape index (κ3) is 3.78.